The lowest BCUT2D eigenvalue weighted by Crippen LogP contribution is -2.46. The second kappa shape index (κ2) is 3.67. The molecule has 0 radical (unpaired) electrons. The number of nitrogens with two attached hydrogens (primary N) is 2. The molecule has 0 heterocycles. The zero-order valence-corrected chi connectivity index (χ0v) is 8.28. The molecule has 1 atom stereocenters. The van der Waals surface area contributed by atoms with Gasteiger partial charge < -0.3 is 16.2 Å². The molecular weight excluding hydrogens is 180 g/mol. The van der Waals surface area contributed by atoms with Crippen molar-refractivity contribution in [3.05, 3.63) is 29.8 Å². The minimum atomic E-state index is -1.13. The summed E-state index contributed by atoms with van der Waals surface area (Å²) in [4.78, 5) is 11.0. The van der Waals surface area contributed by atoms with Crippen LogP contribution in [-0.2, 0) is 10.3 Å². The van der Waals surface area contributed by atoms with E-state index in [9.17, 15) is 4.79 Å². The lowest BCUT2D eigenvalue weighted by atomic mass is 9.93. The molecule has 0 spiro atoms. The van der Waals surface area contributed by atoms with E-state index in [0.29, 0.717) is 11.3 Å². The van der Waals surface area contributed by atoms with E-state index in [-0.39, 0.29) is 0 Å². The Bertz CT molecular complexity index is 330. The van der Waals surface area contributed by atoms with Crippen LogP contribution in [-0.4, -0.2) is 13.0 Å². The molecule has 76 valence electrons. The van der Waals surface area contributed by atoms with Crippen molar-refractivity contribution in [3.63, 3.8) is 0 Å². The number of benzene rings is 1. The van der Waals surface area contributed by atoms with Gasteiger partial charge in [0.05, 0.1) is 7.11 Å². The van der Waals surface area contributed by atoms with E-state index >= 15 is 0 Å². The molecule has 4 heteroatoms. The Balaban J connectivity index is 3.02. The van der Waals surface area contributed by atoms with Crippen LogP contribution in [0.3, 0.4) is 0 Å². The minimum absolute atomic E-state index is 0.553. The van der Waals surface area contributed by atoms with Crippen LogP contribution in [0.2, 0.25) is 0 Å². The first-order valence-electron chi connectivity index (χ1n) is 4.22. The molecule has 0 fully saturated rings. The van der Waals surface area contributed by atoms with Gasteiger partial charge in [-0.05, 0) is 24.6 Å². The Morgan fingerprint density at radius 3 is 2.21 bits per heavy atom. The van der Waals surface area contributed by atoms with Gasteiger partial charge in [0.25, 0.3) is 0 Å². The summed E-state index contributed by atoms with van der Waals surface area (Å²) in [5, 5.41) is 0. The predicted octanol–water partition coefficient (Wildman–Crippen LogP) is 0.354. The third-order valence-corrected chi connectivity index (χ3v) is 2.20. The van der Waals surface area contributed by atoms with Crippen LogP contribution in [0, 0.1) is 0 Å². The van der Waals surface area contributed by atoms with Crippen molar-refractivity contribution < 1.29 is 9.53 Å². The van der Waals surface area contributed by atoms with Crippen LogP contribution in [0.4, 0.5) is 0 Å². The van der Waals surface area contributed by atoms with Crippen molar-refractivity contribution in [2.75, 3.05) is 7.11 Å². The second-order valence-electron chi connectivity index (χ2n) is 3.30. The molecule has 4 N–H and O–H groups in total. The van der Waals surface area contributed by atoms with Gasteiger partial charge in [0, 0.05) is 0 Å². The molecule has 0 aliphatic heterocycles. The van der Waals surface area contributed by atoms with E-state index < -0.39 is 11.4 Å². The average Bonchev–Trinajstić information content (AvgIpc) is 2.17. The summed E-state index contributed by atoms with van der Waals surface area (Å²) in [6.45, 7) is 1.58. The zero-order chi connectivity index (χ0) is 10.8. The van der Waals surface area contributed by atoms with Crippen molar-refractivity contribution in [2.45, 2.75) is 12.5 Å². The third kappa shape index (κ3) is 1.85. The molecule has 0 bridgehead atoms. The summed E-state index contributed by atoms with van der Waals surface area (Å²) in [6.07, 6.45) is 0. The van der Waals surface area contributed by atoms with Crippen LogP contribution in [0.1, 0.15) is 12.5 Å². The van der Waals surface area contributed by atoms with Gasteiger partial charge >= 0.3 is 0 Å². The monoisotopic (exact) mass is 194 g/mol. The molecule has 4 nitrogen and oxygen atoms in total. The number of primary amides is 1. The summed E-state index contributed by atoms with van der Waals surface area (Å²) in [5.41, 5.74) is 10.5. The van der Waals surface area contributed by atoms with Crippen LogP contribution in [0.25, 0.3) is 0 Å². The molecule has 1 aromatic rings. The number of carbonyl (C=O) groups excluding carboxylic acids is 1. The van der Waals surface area contributed by atoms with E-state index in [1.54, 1.807) is 38.3 Å². The molecule has 0 aromatic heterocycles. The maximum atomic E-state index is 11.0. The Morgan fingerprint density at radius 2 is 1.86 bits per heavy atom. The van der Waals surface area contributed by atoms with Gasteiger partial charge in [0.2, 0.25) is 5.91 Å². The molecular formula is C10H14N2O2. The van der Waals surface area contributed by atoms with E-state index in [1.807, 2.05) is 0 Å². The summed E-state index contributed by atoms with van der Waals surface area (Å²) in [6, 6.07) is 6.93. The Hall–Kier alpha value is -1.55. The van der Waals surface area contributed by atoms with Gasteiger partial charge in [-0.1, -0.05) is 12.1 Å². The molecule has 0 aliphatic rings. The lowest BCUT2D eigenvalue weighted by molar-refractivity contribution is -0.122. The first kappa shape index (κ1) is 10.5. The fourth-order valence-corrected chi connectivity index (χ4v) is 1.08. The highest BCUT2D eigenvalue weighted by Gasteiger charge is 2.27. The summed E-state index contributed by atoms with van der Waals surface area (Å²) >= 11 is 0. The molecule has 0 unspecified atom stereocenters. The SMILES string of the molecule is COc1ccc([C@](C)(N)C(N)=O)cc1. The number of carbonyl (C=O) groups is 1. The van der Waals surface area contributed by atoms with Crippen molar-refractivity contribution in [2.24, 2.45) is 11.5 Å². The number of methoxy groups -OCH3 is 1. The number of hydrogen-bond donors (Lipinski definition) is 2. The molecule has 0 saturated carbocycles. The summed E-state index contributed by atoms with van der Waals surface area (Å²) < 4.78 is 4.99. The third-order valence-electron chi connectivity index (χ3n) is 2.20. The van der Waals surface area contributed by atoms with Crippen LogP contribution < -0.4 is 16.2 Å². The smallest absolute Gasteiger partial charge is 0.241 e. The Morgan fingerprint density at radius 1 is 1.36 bits per heavy atom. The first-order valence-corrected chi connectivity index (χ1v) is 4.22. The first-order chi connectivity index (χ1) is 6.48. The maximum Gasteiger partial charge on any atom is 0.241 e. The van der Waals surface area contributed by atoms with Crippen LogP contribution >= 0.6 is 0 Å². The maximum absolute atomic E-state index is 11.0. The quantitative estimate of drug-likeness (QED) is 0.729. The normalized spacial score (nSPS) is 14.5. The lowest BCUT2D eigenvalue weighted by Gasteiger charge is -2.20. The molecule has 14 heavy (non-hydrogen) atoms. The molecule has 1 amide bonds. The van der Waals surface area contributed by atoms with Crippen molar-refractivity contribution >= 4 is 5.91 Å². The highest BCUT2D eigenvalue weighted by molar-refractivity contribution is 5.85. The zero-order valence-electron chi connectivity index (χ0n) is 8.28. The Kier molecular flexibility index (Phi) is 2.76. The van der Waals surface area contributed by atoms with Crippen molar-refractivity contribution in [1.82, 2.24) is 0 Å². The number of hydrogen-bond acceptors (Lipinski definition) is 3. The van der Waals surface area contributed by atoms with Crippen LogP contribution in [0.15, 0.2) is 24.3 Å². The molecule has 0 aliphatic carbocycles. The van der Waals surface area contributed by atoms with Gasteiger partial charge in [-0.2, -0.15) is 0 Å². The van der Waals surface area contributed by atoms with Gasteiger partial charge in [-0.15, -0.1) is 0 Å². The van der Waals surface area contributed by atoms with E-state index in [0.717, 1.165) is 0 Å². The fraction of sp³-hybridized carbons (Fsp3) is 0.300. The highest BCUT2D eigenvalue weighted by atomic mass is 16.5. The Labute approximate surface area is 82.8 Å². The van der Waals surface area contributed by atoms with E-state index in [1.165, 1.54) is 0 Å². The van der Waals surface area contributed by atoms with Crippen molar-refractivity contribution in [3.8, 4) is 5.75 Å². The molecule has 0 saturated heterocycles. The highest BCUT2D eigenvalue weighted by Crippen LogP contribution is 2.20. The van der Waals surface area contributed by atoms with E-state index in [2.05, 4.69) is 0 Å². The number of ether oxygens (including phenoxy) is 1. The van der Waals surface area contributed by atoms with Gasteiger partial charge in [0.1, 0.15) is 11.3 Å². The molecule has 1 aromatic carbocycles. The predicted molar refractivity (Wildman–Crippen MR) is 53.7 cm³/mol. The fourth-order valence-electron chi connectivity index (χ4n) is 1.08. The summed E-state index contributed by atoms with van der Waals surface area (Å²) in [5.74, 6) is 0.164. The average molecular weight is 194 g/mol. The standard InChI is InChI=1S/C10H14N2O2/c1-10(12,9(11)13)7-3-5-8(14-2)6-4-7/h3-6H,12H2,1-2H3,(H2,11,13)/t10-/m0/s1. The van der Waals surface area contributed by atoms with Crippen molar-refractivity contribution in [1.29, 1.82) is 0 Å². The van der Waals surface area contributed by atoms with E-state index in [4.69, 9.17) is 16.2 Å². The second-order valence-corrected chi connectivity index (χ2v) is 3.30. The van der Waals surface area contributed by atoms with Gasteiger partial charge in [-0.25, -0.2) is 0 Å². The number of amides is 1. The largest absolute Gasteiger partial charge is 0.497 e. The van der Waals surface area contributed by atoms with Gasteiger partial charge in [0.15, 0.2) is 0 Å². The molecule has 1 rings (SSSR count). The summed E-state index contributed by atoms with van der Waals surface area (Å²) in [7, 11) is 1.57. The number of rotatable bonds is 3. The topological polar surface area (TPSA) is 78.3 Å². The van der Waals surface area contributed by atoms with Gasteiger partial charge in [-0.3, -0.25) is 4.79 Å². The van der Waals surface area contributed by atoms with Crippen LogP contribution in [0.5, 0.6) is 5.75 Å². The minimum Gasteiger partial charge on any atom is -0.497 e.